The van der Waals surface area contributed by atoms with Crippen LogP contribution in [-0.4, -0.2) is 46.7 Å². The first kappa shape index (κ1) is 14.0. The van der Waals surface area contributed by atoms with E-state index < -0.39 is 17.8 Å². The van der Waals surface area contributed by atoms with Crippen LogP contribution in [0.4, 0.5) is 0 Å². The zero-order valence-electron chi connectivity index (χ0n) is 10.4. The maximum absolute atomic E-state index is 12.2. The summed E-state index contributed by atoms with van der Waals surface area (Å²) in [5, 5.41) is 18.0. The molecule has 1 aliphatic rings. The van der Waals surface area contributed by atoms with Crippen molar-refractivity contribution in [3.8, 4) is 0 Å². The lowest BCUT2D eigenvalue weighted by Crippen LogP contribution is -2.40. The van der Waals surface area contributed by atoms with Crippen molar-refractivity contribution >= 4 is 11.9 Å². The van der Waals surface area contributed by atoms with Crippen molar-refractivity contribution in [3.63, 3.8) is 0 Å². The molecule has 17 heavy (non-hydrogen) atoms. The molecule has 0 aromatic carbocycles. The predicted molar refractivity (Wildman–Crippen MR) is 62.4 cm³/mol. The molecule has 5 nitrogen and oxygen atoms in total. The molecular formula is C12H21NO4. The Morgan fingerprint density at radius 3 is 2.35 bits per heavy atom. The van der Waals surface area contributed by atoms with E-state index in [1.54, 1.807) is 4.90 Å². The smallest absolute Gasteiger partial charge is 0.307 e. The number of aliphatic carboxylic acids is 1. The van der Waals surface area contributed by atoms with E-state index in [-0.39, 0.29) is 25.0 Å². The maximum Gasteiger partial charge on any atom is 0.307 e. The summed E-state index contributed by atoms with van der Waals surface area (Å²) in [7, 11) is 0. The molecule has 0 saturated heterocycles. The third-order valence-corrected chi connectivity index (χ3v) is 3.50. The highest BCUT2D eigenvalue weighted by atomic mass is 16.4. The summed E-state index contributed by atoms with van der Waals surface area (Å²) < 4.78 is 0. The first-order valence-electron chi connectivity index (χ1n) is 6.13. The average Bonchev–Trinajstić information content (AvgIpc) is 2.67. The van der Waals surface area contributed by atoms with Gasteiger partial charge in [-0.2, -0.15) is 0 Å². The molecule has 2 N–H and O–H groups in total. The summed E-state index contributed by atoms with van der Waals surface area (Å²) >= 11 is 0. The summed E-state index contributed by atoms with van der Waals surface area (Å²) in [6, 6.07) is 0. The number of rotatable bonds is 5. The van der Waals surface area contributed by atoms with Gasteiger partial charge in [0, 0.05) is 13.1 Å². The minimum atomic E-state index is -0.882. The number of amides is 1. The second kappa shape index (κ2) is 6.00. The van der Waals surface area contributed by atoms with Gasteiger partial charge in [-0.25, -0.2) is 0 Å². The minimum Gasteiger partial charge on any atom is -0.481 e. The Balaban J connectivity index is 2.75. The number of carbonyl (C=O) groups is 2. The third kappa shape index (κ3) is 3.19. The van der Waals surface area contributed by atoms with Crippen LogP contribution >= 0.6 is 0 Å². The Morgan fingerprint density at radius 1 is 1.29 bits per heavy atom. The van der Waals surface area contributed by atoms with Gasteiger partial charge in [-0.1, -0.05) is 6.92 Å². The first-order chi connectivity index (χ1) is 8.01. The summed E-state index contributed by atoms with van der Waals surface area (Å²) in [6.45, 7) is 4.52. The quantitative estimate of drug-likeness (QED) is 0.740. The van der Waals surface area contributed by atoms with Gasteiger partial charge in [-0.15, -0.1) is 0 Å². The van der Waals surface area contributed by atoms with Crippen LogP contribution in [0.25, 0.3) is 0 Å². The zero-order valence-corrected chi connectivity index (χ0v) is 10.4. The molecule has 0 aliphatic heterocycles. The maximum atomic E-state index is 12.2. The van der Waals surface area contributed by atoms with Gasteiger partial charge >= 0.3 is 5.97 Å². The van der Waals surface area contributed by atoms with E-state index in [2.05, 4.69) is 0 Å². The van der Waals surface area contributed by atoms with Crippen molar-refractivity contribution in [3.05, 3.63) is 0 Å². The number of carboxylic acids is 1. The molecule has 5 heteroatoms. The van der Waals surface area contributed by atoms with E-state index in [1.165, 1.54) is 0 Å². The minimum absolute atomic E-state index is 0.0837. The predicted octanol–water partition coefficient (Wildman–Crippen LogP) is 0.574. The first-order valence-corrected chi connectivity index (χ1v) is 6.13. The normalized spacial score (nSPS) is 28.1. The third-order valence-electron chi connectivity index (χ3n) is 3.50. The molecule has 0 aromatic rings. The molecule has 0 spiro atoms. The fourth-order valence-corrected chi connectivity index (χ4v) is 2.62. The van der Waals surface area contributed by atoms with Crippen LogP contribution in [0.3, 0.4) is 0 Å². The molecule has 0 radical (unpaired) electrons. The van der Waals surface area contributed by atoms with Gasteiger partial charge in [0.15, 0.2) is 0 Å². The van der Waals surface area contributed by atoms with Gasteiger partial charge in [0.1, 0.15) is 0 Å². The number of aliphatic hydroxyl groups is 1. The van der Waals surface area contributed by atoms with E-state index in [0.717, 1.165) is 0 Å². The summed E-state index contributed by atoms with van der Waals surface area (Å²) in [6.07, 6.45) is 1.21. The van der Waals surface area contributed by atoms with Crippen LogP contribution in [0.5, 0.6) is 0 Å². The Labute approximate surface area is 101 Å². The Bertz CT molecular complexity index is 292. The molecule has 1 aliphatic carbocycles. The van der Waals surface area contributed by atoms with Crippen molar-refractivity contribution in [1.29, 1.82) is 0 Å². The van der Waals surface area contributed by atoms with Crippen molar-refractivity contribution in [2.75, 3.05) is 19.7 Å². The van der Waals surface area contributed by atoms with Crippen LogP contribution in [0.15, 0.2) is 0 Å². The number of likely N-dealkylation sites (N-methyl/N-ethyl adjacent to an activating group) is 1. The van der Waals surface area contributed by atoms with Crippen molar-refractivity contribution in [1.82, 2.24) is 4.90 Å². The van der Waals surface area contributed by atoms with Crippen molar-refractivity contribution in [2.45, 2.75) is 26.7 Å². The highest BCUT2D eigenvalue weighted by Gasteiger charge is 2.42. The second-order valence-electron chi connectivity index (χ2n) is 4.77. The van der Waals surface area contributed by atoms with Gasteiger partial charge in [0.2, 0.25) is 5.91 Å². The monoisotopic (exact) mass is 243 g/mol. The number of aliphatic hydroxyl groups excluding tert-OH is 1. The van der Waals surface area contributed by atoms with Crippen molar-refractivity contribution in [2.24, 2.45) is 17.8 Å². The number of carbonyl (C=O) groups excluding carboxylic acids is 1. The van der Waals surface area contributed by atoms with Gasteiger partial charge in [-0.05, 0) is 25.7 Å². The second-order valence-corrected chi connectivity index (χ2v) is 4.77. The van der Waals surface area contributed by atoms with E-state index in [1.807, 2.05) is 13.8 Å². The highest BCUT2D eigenvalue weighted by molar-refractivity contribution is 5.85. The van der Waals surface area contributed by atoms with Gasteiger partial charge < -0.3 is 15.1 Å². The molecule has 1 amide bonds. The van der Waals surface area contributed by atoms with Crippen LogP contribution in [0.2, 0.25) is 0 Å². The van der Waals surface area contributed by atoms with Crippen molar-refractivity contribution < 1.29 is 19.8 Å². The average molecular weight is 243 g/mol. The summed E-state index contributed by atoms with van der Waals surface area (Å²) in [4.78, 5) is 24.8. The lowest BCUT2D eigenvalue weighted by atomic mass is 9.95. The highest BCUT2D eigenvalue weighted by Crippen LogP contribution is 2.37. The van der Waals surface area contributed by atoms with E-state index >= 15 is 0 Å². The molecule has 1 saturated carbocycles. The fraction of sp³-hybridized carbons (Fsp3) is 0.833. The Hall–Kier alpha value is -1.10. The number of nitrogens with zero attached hydrogens (tertiary/aromatic N) is 1. The SMILES string of the molecule is CCN(CCO)C(=O)C1CC(C)CC1C(=O)O. The molecule has 98 valence electrons. The topological polar surface area (TPSA) is 77.8 Å². The van der Waals surface area contributed by atoms with Gasteiger partial charge in [0.05, 0.1) is 18.4 Å². The number of hydrogen-bond acceptors (Lipinski definition) is 3. The van der Waals surface area contributed by atoms with Crippen LogP contribution < -0.4 is 0 Å². The fourth-order valence-electron chi connectivity index (χ4n) is 2.62. The zero-order chi connectivity index (χ0) is 13.0. The van der Waals surface area contributed by atoms with Crippen LogP contribution in [0.1, 0.15) is 26.7 Å². The molecule has 1 fully saturated rings. The molecule has 3 unspecified atom stereocenters. The van der Waals surface area contributed by atoms with E-state index in [0.29, 0.717) is 19.4 Å². The molecule has 3 atom stereocenters. The van der Waals surface area contributed by atoms with E-state index in [4.69, 9.17) is 10.2 Å². The Morgan fingerprint density at radius 2 is 1.88 bits per heavy atom. The van der Waals surface area contributed by atoms with Crippen LogP contribution in [-0.2, 0) is 9.59 Å². The molecule has 0 bridgehead atoms. The number of carboxylic acid groups (broad SMARTS) is 1. The summed E-state index contributed by atoms with van der Waals surface area (Å²) in [5.41, 5.74) is 0. The van der Waals surface area contributed by atoms with E-state index in [9.17, 15) is 9.59 Å². The molecular weight excluding hydrogens is 222 g/mol. The number of hydrogen-bond donors (Lipinski definition) is 2. The lowest BCUT2D eigenvalue weighted by molar-refractivity contribution is -0.149. The summed E-state index contributed by atoms with van der Waals surface area (Å²) in [5.74, 6) is -1.72. The largest absolute Gasteiger partial charge is 0.481 e. The lowest BCUT2D eigenvalue weighted by Gasteiger charge is -2.25. The molecule has 0 heterocycles. The van der Waals surface area contributed by atoms with Gasteiger partial charge in [-0.3, -0.25) is 9.59 Å². The van der Waals surface area contributed by atoms with Gasteiger partial charge in [0.25, 0.3) is 0 Å². The molecule has 1 rings (SSSR count). The Kier molecular flexibility index (Phi) is 4.93. The molecule has 0 aromatic heterocycles. The standard InChI is InChI=1S/C12H21NO4/c1-3-13(4-5-14)11(15)9-6-8(2)7-10(9)12(16)17/h8-10,14H,3-7H2,1-2H3,(H,16,17). The van der Waals surface area contributed by atoms with Crippen LogP contribution in [0, 0.1) is 17.8 Å².